The van der Waals surface area contributed by atoms with Crippen LogP contribution in [0.25, 0.3) is 0 Å². The van der Waals surface area contributed by atoms with Crippen molar-refractivity contribution < 1.29 is 18.0 Å². The molecule has 31 heavy (non-hydrogen) atoms. The van der Waals surface area contributed by atoms with E-state index in [1.807, 2.05) is 46.8 Å². The number of nitrogens with zero attached hydrogens (tertiary/aromatic N) is 2. The van der Waals surface area contributed by atoms with Gasteiger partial charge in [0.05, 0.1) is 5.56 Å². The molecule has 168 valence electrons. The van der Waals surface area contributed by atoms with Gasteiger partial charge >= 0.3 is 6.18 Å². The molecule has 0 saturated carbocycles. The highest BCUT2D eigenvalue weighted by molar-refractivity contribution is 5.95. The molecule has 1 aliphatic rings. The van der Waals surface area contributed by atoms with Crippen LogP contribution < -0.4 is 9.80 Å². The lowest BCUT2D eigenvalue weighted by Gasteiger charge is -2.33. The Kier molecular flexibility index (Phi) is 6.14. The second-order valence-electron chi connectivity index (χ2n) is 9.77. The van der Waals surface area contributed by atoms with E-state index in [0.29, 0.717) is 19.4 Å². The topological polar surface area (TPSA) is 23.6 Å². The standard InChI is InChI=1S/C25H31F3N2O/c1-16-11-21(12-17(2)23(16)29(6)22(31)14-24(3,4)5)30-10-9-18-7-8-20(25(26,27)28)13-19(18)15-30/h7-8,11-13H,9-10,14-15H2,1-6H3. The van der Waals surface area contributed by atoms with Gasteiger partial charge in [-0.3, -0.25) is 4.79 Å². The smallest absolute Gasteiger partial charge is 0.367 e. The van der Waals surface area contributed by atoms with Gasteiger partial charge in [0.1, 0.15) is 0 Å². The first-order valence-electron chi connectivity index (χ1n) is 10.6. The Balaban J connectivity index is 1.86. The predicted octanol–water partition coefficient (Wildman–Crippen LogP) is 6.28. The van der Waals surface area contributed by atoms with Crippen LogP contribution >= 0.6 is 0 Å². The quantitative estimate of drug-likeness (QED) is 0.570. The number of hydrogen-bond acceptors (Lipinski definition) is 2. The Hall–Kier alpha value is -2.50. The zero-order chi connectivity index (χ0) is 23.1. The molecule has 0 N–H and O–H groups in total. The zero-order valence-electron chi connectivity index (χ0n) is 19.2. The van der Waals surface area contributed by atoms with Crippen molar-refractivity contribution in [1.29, 1.82) is 0 Å². The van der Waals surface area contributed by atoms with E-state index < -0.39 is 11.7 Å². The van der Waals surface area contributed by atoms with Gasteiger partial charge in [-0.25, -0.2) is 0 Å². The lowest BCUT2D eigenvalue weighted by atomic mass is 9.91. The summed E-state index contributed by atoms with van der Waals surface area (Å²) in [6, 6.07) is 8.10. The fourth-order valence-electron chi connectivity index (χ4n) is 4.30. The van der Waals surface area contributed by atoms with E-state index in [1.54, 1.807) is 18.0 Å². The molecule has 0 saturated heterocycles. The fraction of sp³-hybridized carbons (Fsp3) is 0.480. The molecule has 0 unspecified atom stereocenters. The molecule has 1 amide bonds. The summed E-state index contributed by atoms with van der Waals surface area (Å²) in [6.07, 6.45) is -3.18. The van der Waals surface area contributed by atoms with Crippen molar-refractivity contribution in [2.24, 2.45) is 5.41 Å². The van der Waals surface area contributed by atoms with Crippen LogP contribution in [0.4, 0.5) is 24.5 Å². The van der Waals surface area contributed by atoms with Crippen LogP contribution in [0.5, 0.6) is 0 Å². The fourth-order valence-corrected chi connectivity index (χ4v) is 4.30. The van der Waals surface area contributed by atoms with E-state index in [4.69, 9.17) is 0 Å². The van der Waals surface area contributed by atoms with Gasteiger partial charge in [-0.15, -0.1) is 0 Å². The van der Waals surface area contributed by atoms with Crippen molar-refractivity contribution in [3.63, 3.8) is 0 Å². The molecule has 0 aliphatic carbocycles. The Morgan fingerprint density at radius 1 is 1.03 bits per heavy atom. The van der Waals surface area contributed by atoms with Gasteiger partial charge in [0.2, 0.25) is 5.91 Å². The number of anilines is 2. The summed E-state index contributed by atoms with van der Waals surface area (Å²) in [4.78, 5) is 16.6. The molecular formula is C25H31F3N2O. The molecule has 0 bridgehead atoms. The van der Waals surface area contributed by atoms with E-state index in [1.165, 1.54) is 12.1 Å². The van der Waals surface area contributed by atoms with Gasteiger partial charge < -0.3 is 9.80 Å². The molecule has 0 radical (unpaired) electrons. The maximum atomic E-state index is 13.1. The highest BCUT2D eigenvalue weighted by Gasteiger charge is 2.32. The summed E-state index contributed by atoms with van der Waals surface area (Å²) in [5.41, 5.74) is 4.83. The molecule has 0 spiro atoms. The second kappa shape index (κ2) is 8.21. The Labute approximate surface area is 182 Å². The van der Waals surface area contributed by atoms with Crippen LogP contribution in [0.2, 0.25) is 0 Å². The molecule has 6 heteroatoms. The van der Waals surface area contributed by atoms with Gasteiger partial charge in [-0.1, -0.05) is 26.8 Å². The first-order chi connectivity index (χ1) is 14.3. The minimum Gasteiger partial charge on any atom is -0.367 e. The van der Waals surface area contributed by atoms with Gasteiger partial charge in [0.15, 0.2) is 0 Å². The normalized spacial score (nSPS) is 14.4. The van der Waals surface area contributed by atoms with Crippen molar-refractivity contribution in [1.82, 2.24) is 0 Å². The van der Waals surface area contributed by atoms with Crippen molar-refractivity contribution in [3.05, 3.63) is 58.1 Å². The molecule has 3 rings (SSSR count). The number of benzene rings is 2. The van der Waals surface area contributed by atoms with Crippen LogP contribution in [0.3, 0.4) is 0 Å². The summed E-state index contributed by atoms with van der Waals surface area (Å²) in [7, 11) is 1.80. The first-order valence-corrected chi connectivity index (χ1v) is 10.6. The average molecular weight is 433 g/mol. The molecular weight excluding hydrogens is 401 g/mol. The Bertz CT molecular complexity index is 966. The van der Waals surface area contributed by atoms with E-state index in [2.05, 4.69) is 4.90 Å². The molecule has 0 fully saturated rings. The monoisotopic (exact) mass is 432 g/mol. The summed E-state index contributed by atoms with van der Waals surface area (Å²) >= 11 is 0. The number of carbonyl (C=O) groups excluding carboxylic acids is 1. The van der Waals surface area contributed by atoms with Crippen molar-refractivity contribution in [2.75, 3.05) is 23.4 Å². The molecule has 1 heterocycles. The summed E-state index contributed by atoms with van der Waals surface area (Å²) in [5, 5.41) is 0. The molecule has 2 aromatic carbocycles. The van der Waals surface area contributed by atoms with Crippen LogP contribution in [0.1, 0.15) is 55.0 Å². The SMILES string of the molecule is Cc1cc(N2CCc3ccc(C(F)(F)F)cc3C2)cc(C)c1N(C)C(=O)CC(C)(C)C. The number of alkyl halides is 3. The molecule has 3 nitrogen and oxygen atoms in total. The third kappa shape index (κ3) is 5.23. The minimum atomic E-state index is -4.34. The number of halogens is 3. The lowest BCUT2D eigenvalue weighted by molar-refractivity contribution is -0.137. The minimum absolute atomic E-state index is 0.0676. The number of hydrogen-bond donors (Lipinski definition) is 0. The summed E-state index contributed by atoms with van der Waals surface area (Å²) in [5.74, 6) is 0.0676. The van der Waals surface area contributed by atoms with Crippen molar-refractivity contribution >= 4 is 17.3 Å². The largest absolute Gasteiger partial charge is 0.416 e. The van der Waals surface area contributed by atoms with E-state index in [9.17, 15) is 18.0 Å². The van der Waals surface area contributed by atoms with Crippen LogP contribution in [0, 0.1) is 19.3 Å². The van der Waals surface area contributed by atoms with Gasteiger partial charge in [-0.05, 0) is 72.2 Å². The van der Waals surface area contributed by atoms with Gasteiger partial charge in [-0.2, -0.15) is 13.2 Å². The van der Waals surface area contributed by atoms with Crippen LogP contribution in [-0.4, -0.2) is 19.5 Å². The van der Waals surface area contributed by atoms with E-state index in [0.717, 1.165) is 40.2 Å². The Morgan fingerprint density at radius 3 is 2.19 bits per heavy atom. The third-order valence-electron chi connectivity index (χ3n) is 5.78. The number of carbonyl (C=O) groups is 1. The van der Waals surface area contributed by atoms with Crippen LogP contribution in [0.15, 0.2) is 30.3 Å². The molecule has 2 aromatic rings. The van der Waals surface area contributed by atoms with Gasteiger partial charge in [0.25, 0.3) is 0 Å². The Morgan fingerprint density at radius 2 is 1.65 bits per heavy atom. The maximum absolute atomic E-state index is 13.1. The maximum Gasteiger partial charge on any atom is 0.416 e. The zero-order valence-corrected chi connectivity index (χ0v) is 19.2. The summed E-state index contributed by atoms with van der Waals surface area (Å²) in [6.45, 7) is 11.3. The summed E-state index contributed by atoms with van der Waals surface area (Å²) < 4.78 is 39.4. The molecule has 1 aliphatic heterocycles. The molecule has 0 aromatic heterocycles. The second-order valence-corrected chi connectivity index (χ2v) is 9.77. The third-order valence-corrected chi connectivity index (χ3v) is 5.78. The van der Waals surface area contributed by atoms with E-state index >= 15 is 0 Å². The van der Waals surface area contributed by atoms with Crippen LogP contribution in [-0.2, 0) is 23.9 Å². The van der Waals surface area contributed by atoms with Gasteiger partial charge in [0, 0.05) is 37.9 Å². The van der Waals surface area contributed by atoms with Crippen molar-refractivity contribution in [3.8, 4) is 0 Å². The first kappa shape index (κ1) is 23.2. The lowest BCUT2D eigenvalue weighted by Crippen LogP contribution is -2.32. The number of amides is 1. The van der Waals surface area contributed by atoms with E-state index in [-0.39, 0.29) is 11.3 Å². The number of fused-ring (bicyclic) bond motifs is 1. The highest BCUT2D eigenvalue weighted by Crippen LogP contribution is 2.35. The molecule has 0 atom stereocenters. The number of aryl methyl sites for hydroxylation is 2. The van der Waals surface area contributed by atoms with Crippen molar-refractivity contribution in [2.45, 2.75) is 60.2 Å². The number of rotatable bonds is 3. The predicted molar refractivity (Wildman–Crippen MR) is 120 cm³/mol. The highest BCUT2D eigenvalue weighted by atomic mass is 19.4. The average Bonchev–Trinajstić information content (AvgIpc) is 2.64.